The van der Waals surface area contributed by atoms with E-state index >= 15 is 0 Å². The fourth-order valence-corrected chi connectivity index (χ4v) is 3.28. The van der Waals surface area contributed by atoms with Crippen molar-refractivity contribution in [2.24, 2.45) is 0 Å². The van der Waals surface area contributed by atoms with Gasteiger partial charge in [-0.15, -0.1) is 0 Å². The Balaban J connectivity index is 1.54. The van der Waals surface area contributed by atoms with Gasteiger partial charge in [0.2, 0.25) is 0 Å². The number of ether oxygens (including phenoxy) is 1. The lowest BCUT2D eigenvalue weighted by atomic mass is 10.3. The van der Waals surface area contributed by atoms with Crippen LogP contribution in [0, 0.1) is 0 Å². The predicted molar refractivity (Wildman–Crippen MR) is 85.5 cm³/mol. The standard InChI is InChI=1S/C16H16N2O2S/c1-18-13-9-5-6-10-14(13)21-16(18)20-11-15(19)17-12-7-3-2-4-8-12/h2-10,16H,11H2,1H3,(H,17,19). The quantitative estimate of drug-likeness (QED) is 0.941. The number of anilines is 2. The van der Waals surface area contributed by atoms with E-state index in [1.54, 1.807) is 11.8 Å². The van der Waals surface area contributed by atoms with Crippen molar-refractivity contribution in [1.82, 2.24) is 0 Å². The van der Waals surface area contributed by atoms with Crippen LogP contribution in [0.15, 0.2) is 59.5 Å². The van der Waals surface area contributed by atoms with Gasteiger partial charge in [-0.2, -0.15) is 0 Å². The van der Waals surface area contributed by atoms with Gasteiger partial charge in [0.15, 0.2) is 5.56 Å². The molecule has 2 aromatic rings. The summed E-state index contributed by atoms with van der Waals surface area (Å²) < 4.78 is 5.71. The highest BCUT2D eigenvalue weighted by Gasteiger charge is 2.27. The van der Waals surface area contributed by atoms with Gasteiger partial charge in [0.25, 0.3) is 5.91 Å². The van der Waals surface area contributed by atoms with E-state index in [4.69, 9.17) is 4.74 Å². The van der Waals surface area contributed by atoms with E-state index in [2.05, 4.69) is 17.4 Å². The van der Waals surface area contributed by atoms with E-state index in [0.717, 1.165) is 11.4 Å². The fourth-order valence-electron chi connectivity index (χ4n) is 2.16. The van der Waals surface area contributed by atoms with Gasteiger partial charge in [0, 0.05) is 17.6 Å². The molecule has 0 aromatic heterocycles. The number of amides is 1. The molecule has 1 amide bonds. The molecule has 21 heavy (non-hydrogen) atoms. The minimum Gasteiger partial charge on any atom is -0.339 e. The number of fused-ring (bicyclic) bond motifs is 1. The Hall–Kier alpha value is -1.98. The minimum atomic E-state index is -0.163. The normalized spacial score (nSPS) is 16.6. The number of nitrogens with zero attached hydrogens (tertiary/aromatic N) is 1. The molecule has 0 saturated carbocycles. The van der Waals surface area contributed by atoms with Gasteiger partial charge in [-0.25, -0.2) is 0 Å². The first-order chi connectivity index (χ1) is 10.2. The Kier molecular flexibility index (Phi) is 4.13. The maximum atomic E-state index is 11.9. The van der Waals surface area contributed by atoms with Crippen LogP contribution in [0.1, 0.15) is 0 Å². The molecule has 108 valence electrons. The number of thioether (sulfide) groups is 1. The smallest absolute Gasteiger partial charge is 0.250 e. The van der Waals surface area contributed by atoms with Crippen LogP contribution in [-0.2, 0) is 9.53 Å². The average Bonchev–Trinajstić information content (AvgIpc) is 2.83. The topological polar surface area (TPSA) is 41.6 Å². The second-order valence-electron chi connectivity index (χ2n) is 4.73. The molecule has 4 nitrogen and oxygen atoms in total. The number of rotatable bonds is 4. The third-order valence-corrected chi connectivity index (χ3v) is 4.46. The highest BCUT2D eigenvalue weighted by Crippen LogP contribution is 2.42. The molecule has 0 aliphatic carbocycles. The molecule has 0 fully saturated rings. The molecule has 1 N–H and O–H groups in total. The summed E-state index contributed by atoms with van der Waals surface area (Å²) in [6.45, 7) is 0.0326. The van der Waals surface area contributed by atoms with Crippen molar-refractivity contribution >= 4 is 29.0 Å². The zero-order valence-corrected chi connectivity index (χ0v) is 12.5. The first-order valence-electron chi connectivity index (χ1n) is 6.69. The molecule has 0 radical (unpaired) electrons. The second-order valence-corrected chi connectivity index (χ2v) is 5.81. The van der Waals surface area contributed by atoms with Crippen LogP contribution < -0.4 is 10.2 Å². The van der Waals surface area contributed by atoms with Crippen molar-refractivity contribution in [3.63, 3.8) is 0 Å². The van der Waals surface area contributed by atoms with Crippen molar-refractivity contribution in [1.29, 1.82) is 0 Å². The van der Waals surface area contributed by atoms with E-state index < -0.39 is 0 Å². The first kappa shape index (κ1) is 14.0. The number of para-hydroxylation sites is 2. The van der Waals surface area contributed by atoms with Crippen molar-refractivity contribution in [2.75, 3.05) is 23.9 Å². The van der Waals surface area contributed by atoms with Crippen molar-refractivity contribution in [3.05, 3.63) is 54.6 Å². The van der Waals surface area contributed by atoms with Crippen LogP contribution in [0.5, 0.6) is 0 Å². The summed E-state index contributed by atoms with van der Waals surface area (Å²) in [6.07, 6.45) is 0. The van der Waals surface area contributed by atoms with Crippen LogP contribution in [0.3, 0.4) is 0 Å². The first-order valence-corrected chi connectivity index (χ1v) is 7.57. The van der Waals surface area contributed by atoms with Gasteiger partial charge in [0.05, 0.1) is 5.69 Å². The van der Waals surface area contributed by atoms with Crippen LogP contribution in [0.4, 0.5) is 11.4 Å². The average molecular weight is 300 g/mol. The van der Waals surface area contributed by atoms with Gasteiger partial charge in [-0.05, 0) is 24.3 Å². The molecular weight excluding hydrogens is 284 g/mol. The lowest BCUT2D eigenvalue weighted by Crippen LogP contribution is -2.30. The van der Waals surface area contributed by atoms with Crippen molar-refractivity contribution in [3.8, 4) is 0 Å². The molecule has 5 heteroatoms. The number of carbonyl (C=O) groups is 1. The van der Waals surface area contributed by atoms with Crippen LogP contribution in [0.25, 0.3) is 0 Å². The van der Waals surface area contributed by atoms with Crippen molar-refractivity contribution in [2.45, 2.75) is 10.5 Å². The Morgan fingerprint density at radius 2 is 1.90 bits per heavy atom. The summed E-state index contributed by atoms with van der Waals surface area (Å²) in [5.74, 6) is -0.147. The Bertz CT molecular complexity index is 633. The minimum absolute atomic E-state index is 0.0326. The molecule has 2 aromatic carbocycles. The zero-order valence-electron chi connectivity index (χ0n) is 11.7. The lowest BCUT2D eigenvalue weighted by Gasteiger charge is -2.21. The van der Waals surface area contributed by atoms with E-state index in [1.165, 1.54) is 4.90 Å². The number of hydrogen-bond donors (Lipinski definition) is 1. The lowest BCUT2D eigenvalue weighted by molar-refractivity contribution is -0.121. The highest BCUT2D eigenvalue weighted by atomic mass is 32.2. The van der Waals surface area contributed by atoms with Crippen LogP contribution in [-0.4, -0.2) is 25.1 Å². The maximum Gasteiger partial charge on any atom is 0.250 e. The summed E-state index contributed by atoms with van der Waals surface area (Å²) >= 11 is 1.62. The Morgan fingerprint density at radius 1 is 1.19 bits per heavy atom. The third kappa shape index (κ3) is 3.20. The molecule has 1 heterocycles. The van der Waals surface area contributed by atoms with E-state index in [-0.39, 0.29) is 18.1 Å². The highest BCUT2D eigenvalue weighted by molar-refractivity contribution is 8.00. The number of carbonyl (C=O) groups excluding carboxylic acids is 1. The van der Waals surface area contributed by atoms with Gasteiger partial charge in [-0.3, -0.25) is 4.79 Å². The largest absolute Gasteiger partial charge is 0.339 e. The summed E-state index contributed by atoms with van der Waals surface area (Å²) in [5.41, 5.74) is 1.75. The Morgan fingerprint density at radius 3 is 2.67 bits per heavy atom. The Labute approximate surface area is 128 Å². The number of nitrogens with one attached hydrogen (secondary N) is 1. The van der Waals surface area contributed by atoms with Gasteiger partial charge in [-0.1, -0.05) is 42.1 Å². The second kappa shape index (κ2) is 6.20. The van der Waals surface area contributed by atoms with Gasteiger partial charge >= 0.3 is 0 Å². The van der Waals surface area contributed by atoms with E-state index in [1.807, 2.05) is 54.4 Å². The van der Waals surface area contributed by atoms with Crippen LogP contribution >= 0.6 is 11.8 Å². The number of benzene rings is 2. The summed E-state index contributed by atoms with van der Waals surface area (Å²) in [7, 11) is 1.97. The molecule has 0 saturated heterocycles. The summed E-state index contributed by atoms with van der Waals surface area (Å²) in [4.78, 5) is 15.1. The molecule has 1 aliphatic rings. The van der Waals surface area contributed by atoms with Crippen LogP contribution in [0.2, 0.25) is 0 Å². The molecule has 3 rings (SSSR count). The molecule has 0 bridgehead atoms. The maximum absolute atomic E-state index is 11.9. The number of hydrogen-bond acceptors (Lipinski definition) is 4. The summed E-state index contributed by atoms with van der Waals surface area (Å²) in [6, 6.07) is 17.5. The van der Waals surface area contributed by atoms with Gasteiger partial charge < -0.3 is 15.0 Å². The molecule has 1 unspecified atom stereocenters. The predicted octanol–water partition coefficient (Wildman–Crippen LogP) is 3.17. The fraction of sp³-hybridized carbons (Fsp3) is 0.188. The van der Waals surface area contributed by atoms with Crippen molar-refractivity contribution < 1.29 is 9.53 Å². The molecule has 1 aliphatic heterocycles. The SMILES string of the molecule is CN1c2ccccc2SC1OCC(=O)Nc1ccccc1. The van der Waals surface area contributed by atoms with Gasteiger partial charge in [0.1, 0.15) is 6.61 Å². The zero-order chi connectivity index (χ0) is 14.7. The molecule has 1 atom stereocenters. The monoisotopic (exact) mass is 300 g/mol. The third-order valence-electron chi connectivity index (χ3n) is 3.20. The summed E-state index contributed by atoms with van der Waals surface area (Å²) in [5, 5.41) is 2.81. The van der Waals surface area contributed by atoms with E-state index in [9.17, 15) is 4.79 Å². The molecular formula is C16H16N2O2S. The molecule has 0 spiro atoms. The van der Waals surface area contributed by atoms with E-state index in [0.29, 0.717) is 0 Å².